The van der Waals surface area contributed by atoms with E-state index in [-0.39, 0.29) is 5.60 Å². The predicted octanol–water partition coefficient (Wildman–Crippen LogP) is 2.12. The summed E-state index contributed by atoms with van der Waals surface area (Å²) in [5.74, 6) is 2.56. The van der Waals surface area contributed by atoms with Gasteiger partial charge in [-0.2, -0.15) is 11.8 Å². The van der Waals surface area contributed by atoms with Crippen molar-refractivity contribution in [3.05, 3.63) is 0 Å². The van der Waals surface area contributed by atoms with E-state index in [1.165, 1.54) is 37.2 Å². The lowest BCUT2D eigenvalue weighted by molar-refractivity contribution is -0.0272. The van der Waals surface area contributed by atoms with Crippen LogP contribution in [0.15, 0.2) is 0 Å². The molecule has 15 heavy (non-hydrogen) atoms. The smallest absolute Gasteiger partial charge is 0.0774 e. The van der Waals surface area contributed by atoms with Crippen LogP contribution < -0.4 is 0 Å². The highest BCUT2D eigenvalue weighted by Crippen LogP contribution is 2.30. The summed E-state index contributed by atoms with van der Waals surface area (Å²) >= 11 is 2.05. The van der Waals surface area contributed by atoms with Gasteiger partial charge in [0.1, 0.15) is 0 Å². The lowest BCUT2D eigenvalue weighted by atomic mass is 9.84. The number of hydrogen-bond donors (Lipinski definition) is 1. The number of likely N-dealkylation sites (N-methyl/N-ethyl adjacent to an activating group) is 1. The molecule has 1 aliphatic heterocycles. The van der Waals surface area contributed by atoms with E-state index in [0.29, 0.717) is 6.04 Å². The quantitative estimate of drug-likeness (QED) is 0.802. The molecule has 0 spiro atoms. The van der Waals surface area contributed by atoms with Crippen LogP contribution in [0.2, 0.25) is 0 Å². The van der Waals surface area contributed by atoms with Gasteiger partial charge in [0.05, 0.1) is 5.60 Å². The maximum atomic E-state index is 10.5. The van der Waals surface area contributed by atoms with Gasteiger partial charge in [0.25, 0.3) is 0 Å². The molecule has 3 heteroatoms. The Morgan fingerprint density at radius 3 is 2.67 bits per heavy atom. The van der Waals surface area contributed by atoms with Gasteiger partial charge in [0, 0.05) is 18.3 Å². The first-order valence-electron chi connectivity index (χ1n) is 6.20. The van der Waals surface area contributed by atoms with Gasteiger partial charge in [-0.25, -0.2) is 0 Å². The fraction of sp³-hybridized carbons (Fsp3) is 1.00. The third-order valence-corrected chi connectivity index (χ3v) is 5.00. The van der Waals surface area contributed by atoms with E-state index in [4.69, 9.17) is 0 Å². The van der Waals surface area contributed by atoms with Crippen LogP contribution in [-0.4, -0.2) is 46.7 Å². The van der Waals surface area contributed by atoms with Crippen molar-refractivity contribution < 1.29 is 5.11 Å². The summed E-state index contributed by atoms with van der Waals surface area (Å²) in [5, 5.41) is 10.5. The van der Waals surface area contributed by atoms with E-state index in [2.05, 4.69) is 11.9 Å². The second-order valence-electron chi connectivity index (χ2n) is 5.22. The monoisotopic (exact) mass is 229 g/mol. The normalized spacial score (nSPS) is 31.0. The van der Waals surface area contributed by atoms with E-state index < -0.39 is 0 Å². The summed E-state index contributed by atoms with van der Waals surface area (Å²) in [7, 11) is 2.18. The maximum Gasteiger partial charge on any atom is 0.0774 e. The second kappa shape index (κ2) is 5.07. The molecule has 0 aromatic rings. The number of thioether (sulfide) groups is 1. The Hall–Kier alpha value is 0.270. The van der Waals surface area contributed by atoms with E-state index >= 15 is 0 Å². The molecular weight excluding hydrogens is 206 g/mol. The molecule has 2 fully saturated rings. The molecule has 1 saturated heterocycles. The lowest BCUT2D eigenvalue weighted by Gasteiger charge is -2.37. The highest BCUT2D eigenvalue weighted by molar-refractivity contribution is 7.99. The standard InChI is InChI=1S/C12H23NOS/c1-13(11-5-8-15-9-11)10-12(14)6-3-2-4-7-12/h11,14H,2-10H2,1H3. The van der Waals surface area contributed by atoms with Gasteiger partial charge in [-0.1, -0.05) is 19.3 Å². The third-order valence-electron chi connectivity index (χ3n) is 3.86. The molecule has 0 aromatic carbocycles. The van der Waals surface area contributed by atoms with E-state index in [1.807, 2.05) is 11.8 Å². The molecule has 1 saturated carbocycles. The van der Waals surface area contributed by atoms with E-state index in [1.54, 1.807) is 0 Å². The molecule has 88 valence electrons. The minimum Gasteiger partial charge on any atom is -0.389 e. The molecule has 0 aromatic heterocycles. The number of nitrogens with zero attached hydrogens (tertiary/aromatic N) is 1. The summed E-state index contributed by atoms with van der Waals surface area (Å²) in [4.78, 5) is 2.39. The van der Waals surface area contributed by atoms with Crippen molar-refractivity contribution >= 4 is 11.8 Å². The molecule has 1 unspecified atom stereocenters. The molecule has 1 atom stereocenters. The lowest BCUT2D eigenvalue weighted by Crippen LogP contribution is -2.46. The van der Waals surface area contributed by atoms with Crippen molar-refractivity contribution in [3.8, 4) is 0 Å². The zero-order valence-corrected chi connectivity index (χ0v) is 10.6. The van der Waals surface area contributed by atoms with Crippen LogP contribution in [0.4, 0.5) is 0 Å². The van der Waals surface area contributed by atoms with Gasteiger partial charge >= 0.3 is 0 Å². The number of hydrogen-bond acceptors (Lipinski definition) is 3. The minimum absolute atomic E-state index is 0.375. The topological polar surface area (TPSA) is 23.5 Å². The Bertz CT molecular complexity index is 198. The van der Waals surface area contributed by atoms with Crippen LogP contribution in [0.3, 0.4) is 0 Å². The molecular formula is C12H23NOS. The third kappa shape index (κ3) is 3.11. The molecule has 2 rings (SSSR count). The first kappa shape index (κ1) is 11.7. The molecule has 1 aliphatic carbocycles. The summed E-state index contributed by atoms with van der Waals surface area (Å²) in [5.41, 5.74) is -0.375. The maximum absolute atomic E-state index is 10.5. The molecule has 1 N–H and O–H groups in total. The van der Waals surface area contributed by atoms with E-state index in [0.717, 1.165) is 19.4 Å². The number of aliphatic hydroxyl groups is 1. The van der Waals surface area contributed by atoms with Gasteiger partial charge in [0.2, 0.25) is 0 Å². The first-order chi connectivity index (χ1) is 7.20. The van der Waals surface area contributed by atoms with Crippen LogP contribution in [0, 0.1) is 0 Å². The average molecular weight is 229 g/mol. The van der Waals surface area contributed by atoms with Crippen molar-refractivity contribution in [1.82, 2.24) is 4.90 Å². The van der Waals surface area contributed by atoms with Crippen LogP contribution in [0.25, 0.3) is 0 Å². The van der Waals surface area contributed by atoms with Gasteiger partial charge < -0.3 is 5.11 Å². The van der Waals surface area contributed by atoms with Crippen LogP contribution in [0.1, 0.15) is 38.5 Å². The molecule has 0 bridgehead atoms. The highest BCUT2D eigenvalue weighted by atomic mass is 32.2. The molecule has 2 nitrogen and oxygen atoms in total. The predicted molar refractivity (Wildman–Crippen MR) is 66.4 cm³/mol. The molecule has 2 aliphatic rings. The zero-order chi connectivity index (χ0) is 10.7. The fourth-order valence-electron chi connectivity index (χ4n) is 2.83. The molecule has 0 amide bonds. The molecule has 0 radical (unpaired) electrons. The van der Waals surface area contributed by atoms with Crippen molar-refractivity contribution in [2.24, 2.45) is 0 Å². The Morgan fingerprint density at radius 2 is 2.07 bits per heavy atom. The van der Waals surface area contributed by atoms with Crippen LogP contribution >= 0.6 is 11.8 Å². The Morgan fingerprint density at radius 1 is 1.33 bits per heavy atom. The Kier molecular flexibility index (Phi) is 3.97. The van der Waals surface area contributed by atoms with Crippen molar-refractivity contribution in [1.29, 1.82) is 0 Å². The van der Waals surface area contributed by atoms with Crippen molar-refractivity contribution in [3.63, 3.8) is 0 Å². The van der Waals surface area contributed by atoms with Crippen molar-refractivity contribution in [2.45, 2.75) is 50.2 Å². The highest BCUT2D eigenvalue weighted by Gasteiger charge is 2.32. The molecule has 1 heterocycles. The van der Waals surface area contributed by atoms with Crippen molar-refractivity contribution in [2.75, 3.05) is 25.1 Å². The summed E-state index contributed by atoms with van der Waals surface area (Å²) in [6.45, 7) is 0.887. The zero-order valence-electron chi connectivity index (χ0n) is 9.74. The summed E-state index contributed by atoms with van der Waals surface area (Å²) in [6.07, 6.45) is 7.06. The average Bonchev–Trinajstić information content (AvgIpc) is 2.70. The minimum atomic E-state index is -0.375. The van der Waals surface area contributed by atoms with Gasteiger partial charge in [0.15, 0.2) is 0 Å². The number of rotatable bonds is 3. The van der Waals surface area contributed by atoms with E-state index in [9.17, 15) is 5.11 Å². The van der Waals surface area contributed by atoms with Gasteiger partial charge in [-0.3, -0.25) is 4.90 Å². The Labute approximate surface area is 97.4 Å². The van der Waals surface area contributed by atoms with Gasteiger partial charge in [-0.15, -0.1) is 0 Å². The first-order valence-corrected chi connectivity index (χ1v) is 7.35. The summed E-state index contributed by atoms with van der Waals surface area (Å²) in [6, 6.07) is 0.709. The second-order valence-corrected chi connectivity index (χ2v) is 6.37. The van der Waals surface area contributed by atoms with Crippen LogP contribution in [-0.2, 0) is 0 Å². The van der Waals surface area contributed by atoms with Gasteiger partial charge in [-0.05, 0) is 32.1 Å². The SMILES string of the molecule is CN(CC1(O)CCCCC1)C1CCSC1. The fourth-order valence-corrected chi connectivity index (χ4v) is 4.13. The Balaban J connectivity index is 1.83. The van der Waals surface area contributed by atoms with Crippen LogP contribution in [0.5, 0.6) is 0 Å². The summed E-state index contributed by atoms with van der Waals surface area (Å²) < 4.78 is 0. The largest absolute Gasteiger partial charge is 0.389 e.